The first-order chi connectivity index (χ1) is 6.84. The average Bonchev–Trinajstić information content (AvgIpc) is 2.63. The molecule has 0 saturated carbocycles. The van der Waals surface area contributed by atoms with Crippen molar-refractivity contribution < 1.29 is 9.26 Å². The second-order valence-electron chi connectivity index (χ2n) is 2.82. The molecule has 0 aliphatic rings. The van der Waals surface area contributed by atoms with Crippen LogP contribution in [0.15, 0.2) is 40.9 Å². The first-order valence-corrected chi connectivity index (χ1v) is 4.23. The third kappa shape index (κ3) is 2.04. The lowest BCUT2D eigenvalue weighted by atomic mass is 10.3. The van der Waals surface area contributed by atoms with Gasteiger partial charge in [0.1, 0.15) is 12.4 Å². The highest BCUT2D eigenvalue weighted by Crippen LogP contribution is 2.12. The van der Waals surface area contributed by atoms with E-state index in [4.69, 9.17) is 15.0 Å². The van der Waals surface area contributed by atoms with Gasteiger partial charge in [0.2, 0.25) is 0 Å². The molecule has 0 bridgehead atoms. The molecule has 0 unspecified atom stereocenters. The molecule has 0 aliphatic carbocycles. The predicted molar refractivity (Wildman–Crippen MR) is 51.7 cm³/mol. The maximum atomic E-state index is 5.42. The molecule has 4 nitrogen and oxygen atoms in total. The first kappa shape index (κ1) is 8.62. The van der Waals surface area contributed by atoms with Crippen LogP contribution in [-0.4, -0.2) is 5.16 Å². The van der Waals surface area contributed by atoms with Crippen LogP contribution in [0.2, 0.25) is 0 Å². The minimum absolute atomic E-state index is 0.341. The van der Waals surface area contributed by atoms with Crippen molar-refractivity contribution in [2.75, 3.05) is 5.73 Å². The fourth-order valence-electron chi connectivity index (χ4n) is 1.07. The fourth-order valence-corrected chi connectivity index (χ4v) is 1.07. The molecule has 0 atom stereocenters. The maximum Gasteiger partial charge on any atom is 0.176 e. The molecule has 1 aromatic carbocycles. The number of ether oxygens (including phenoxy) is 1. The molecule has 0 saturated heterocycles. The van der Waals surface area contributed by atoms with Crippen LogP contribution in [-0.2, 0) is 6.61 Å². The molecule has 0 aliphatic heterocycles. The highest BCUT2D eigenvalue weighted by Gasteiger charge is 2.01. The second kappa shape index (κ2) is 3.83. The Bertz CT molecular complexity index is 398. The number of rotatable bonds is 3. The van der Waals surface area contributed by atoms with Crippen LogP contribution in [0.25, 0.3) is 0 Å². The average molecular weight is 190 g/mol. The summed E-state index contributed by atoms with van der Waals surface area (Å²) in [5.74, 6) is 1.78. The van der Waals surface area contributed by atoms with Gasteiger partial charge in [0, 0.05) is 6.07 Å². The van der Waals surface area contributed by atoms with Crippen molar-refractivity contribution in [3.8, 4) is 5.75 Å². The summed E-state index contributed by atoms with van der Waals surface area (Å²) < 4.78 is 10.3. The van der Waals surface area contributed by atoms with Gasteiger partial charge < -0.3 is 15.0 Å². The molecule has 14 heavy (non-hydrogen) atoms. The van der Waals surface area contributed by atoms with Gasteiger partial charge in [-0.3, -0.25) is 0 Å². The molecular weight excluding hydrogens is 180 g/mol. The van der Waals surface area contributed by atoms with Crippen LogP contribution < -0.4 is 10.5 Å². The quantitative estimate of drug-likeness (QED) is 0.802. The summed E-state index contributed by atoms with van der Waals surface area (Å²) in [6.07, 6.45) is 0. The van der Waals surface area contributed by atoms with Gasteiger partial charge in [0.25, 0.3) is 0 Å². The summed E-state index contributed by atoms with van der Waals surface area (Å²) in [5, 5.41) is 3.55. The van der Waals surface area contributed by atoms with Gasteiger partial charge >= 0.3 is 0 Å². The summed E-state index contributed by atoms with van der Waals surface area (Å²) in [4.78, 5) is 0. The Morgan fingerprint density at radius 2 is 2.07 bits per heavy atom. The molecule has 1 heterocycles. The number of para-hydroxylation sites is 1. The number of hydrogen-bond donors (Lipinski definition) is 1. The highest BCUT2D eigenvalue weighted by atomic mass is 16.5. The van der Waals surface area contributed by atoms with E-state index in [-0.39, 0.29) is 0 Å². The minimum Gasteiger partial charge on any atom is -0.486 e. The van der Waals surface area contributed by atoms with Gasteiger partial charge in [-0.05, 0) is 12.1 Å². The Balaban J connectivity index is 1.95. The van der Waals surface area contributed by atoms with Crippen molar-refractivity contribution in [2.45, 2.75) is 6.61 Å². The molecule has 72 valence electrons. The number of anilines is 1. The lowest BCUT2D eigenvalue weighted by Crippen LogP contribution is -1.92. The Kier molecular flexibility index (Phi) is 2.36. The number of nitrogens with two attached hydrogens (primary N) is 1. The van der Waals surface area contributed by atoms with Crippen LogP contribution in [0.1, 0.15) is 5.76 Å². The maximum absolute atomic E-state index is 5.42. The monoisotopic (exact) mass is 190 g/mol. The molecule has 1 aromatic heterocycles. The summed E-state index contributed by atoms with van der Waals surface area (Å²) in [6.45, 7) is 0.341. The molecule has 0 radical (unpaired) electrons. The SMILES string of the molecule is Nc1cc(COc2ccccc2)on1. The van der Waals surface area contributed by atoms with E-state index in [1.165, 1.54) is 0 Å². The van der Waals surface area contributed by atoms with Gasteiger partial charge in [-0.1, -0.05) is 23.4 Å². The van der Waals surface area contributed by atoms with Crippen molar-refractivity contribution in [3.05, 3.63) is 42.2 Å². The molecule has 2 rings (SSSR count). The van der Waals surface area contributed by atoms with Crippen LogP contribution >= 0.6 is 0 Å². The van der Waals surface area contributed by atoms with Gasteiger partial charge in [0.05, 0.1) is 0 Å². The third-order valence-electron chi connectivity index (χ3n) is 1.70. The number of nitrogens with zero attached hydrogens (tertiary/aromatic N) is 1. The molecule has 0 spiro atoms. The van der Waals surface area contributed by atoms with E-state index in [0.29, 0.717) is 18.2 Å². The smallest absolute Gasteiger partial charge is 0.176 e. The van der Waals surface area contributed by atoms with E-state index in [9.17, 15) is 0 Å². The predicted octanol–water partition coefficient (Wildman–Crippen LogP) is 1.84. The van der Waals surface area contributed by atoms with Crippen molar-refractivity contribution in [2.24, 2.45) is 0 Å². The number of aromatic nitrogens is 1. The van der Waals surface area contributed by atoms with Gasteiger partial charge in [-0.2, -0.15) is 0 Å². The van der Waals surface area contributed by atoms with E-state index in [2.05, 4.69) is 5.16 Å². The van der Waals surface area contributed by atoms with Crippen molar-refractivity contribution in [3.63, 3.8) is 0 Å². The lowest BCUT2D eigenvalue weighted by molar-refractivity contribution is 0.249. The Hall–Kier alpha value is -1.97. The van der Waals surface area contributed by atoms with Crippen LogP contribution in [0.4, 0.5) is 5.82 Å². The fraction of sp³-hybridized carbons (Fsp3) is 0.100. The Labute approximate surface area is 81.3 Å². The standard InChI is InChI=1S/C10H10N2O2/c11-10-6-9(14-12-10)7-13-8-4-2-1-3-5-8/h1-6H,7H2,(H2,11,12). The minimum atomic E-state index is 0.341. The largest absolute Gasteiger partial charge is 0.486 e. The molecular formula is C10H10N2O2. The van der Waals surface area contributed by atoms with E-state index in [1.54, 1.807) is 6.07 Å². The van der Waals surface area contributed by atoms with Crippen molar-refractivity contribution in [1.29, 1.82) is 0 Å². The zero-order valence-corrected chi connectivity index (χ0v) is 7.51. The zero-order chi connectivity index (χ0) is 9.80. The normalized spacial score (nSPS) is 10.0. The number of benzene rings is 1. The molecule has 0 fully saturated rings. The van der Waals surface area contributed by atoms with E-state index in [1.807, 2.05) is 30.3 Å². The summed E-state index contributed by atoms with van der Waals surface area (Å²) >= 11 is 0. The van der Waals surface area contributed by atoms with Gasteiger partial charge in [0.15, 0.2) is 11.6 Å². The van der Waals surface area contributed by atoms with Gasteiger partial charge in [-0.25, -0.2) is 0 Å². The summed E-state index contributed by atoms with van der Waals surface area (Å²) in [6, 6.07) is 11.1. The molecule has 2 aromatic rings. The topological polar surface area (TPSA) is 61.3 Å². The highest BCUT2D eigenvalue weighted by molar-refractivity contribution is 5.26. The lowest BCUT2D eigenvalue weighted by Gasteiger charge is -2.01. The van der Waals surface area contributed by atoms with Gasteiger partial charge in [-0.15, -0.1) is 0 Å². The molecule has 4 heteroatoms. The second-order valence-corrected chi connectivity index (χ2v) is 2.82. The number of nitrogen functional groups attached to an aromatic ring is 1. The molecule has 0 amide bonds. The number of hydrogen-bond acceptors (Lipinski definition) is 4. The zero-order valence-electron chi connectivity index (χ0n) is 7.51. The first-order valence-electron chi connectivity index (χ1n) is 4.23. The molecule has 2 N–H and O–H groups in total. The van der Waals surface area contributed by atoms with Crippen molar-refractivity contribution in [1.82, 2.24) is 5.16 Å². The van der Waals surface area contributed by atoms with E-state index < -0.39 is 0 Å². The Morgan fingerprint density at radius 1 is 1.29 bits per heavy atom. The van der Waals surface area contributed by atoms with Crippen LogP contribution in [0.3, 0.4) is 0 Å². The van der Waals surface area contributed by atoms with Crippen LogP contribution in [0, 0.1) is 0 Å². The van der Waals surface area contributed by atoms with E-state index >= 15 is 0 Å². The summed E-state index contributed by atoms with van der Waals surface area (Å²) in [7, 11) is 0. The third-order valence-corrected chi connectivity index (χ3v) is 1.70. The van der Waals surface area contributed by atoms with Crippen molar-refractivity contribution >= 4 is 5.82 Å². The Morgan fingerprint density at radius 3 is 2.71 bits per heavy atom. The van der Waals surface area contributed by atoms with Crippen LogP contribution in [0.5, 0.6) is 5.75 Å². The summed E-state index contributed by atoms with van der Waals surface area (Å²) in [5.41, 5.74) is 5.39. The van der Waals surface area contributed by atoms with E-state index in [0.717, 1.165) is 5.75 Å².